The van der Waals surface area contributed by atoms with Gasteiger partial charge >= 0.3 is 0 Å². The standard InChI is InChI=1S/C12H17FN2O2/c1-9(14-16)11-8-10(13)4-5-12(11)17-7-6-15(2)3/h4-5,8,16H,6-7H2,1-3H3. The van der Waals surface area contributed by atoms with E-state index in [0.29, 0.717) is 23.6 Å². The lowest BCUT2D eigenvalue weighted by Gasteiger charge is -2.13. The number of ether oxygens (including phenoxy) is 1. The van der Waals surface area contributed by atoms with Crippen molar-refractivity contribution in [3.8, 4) is 5.75 Å². The van der Waals surface area contributed by atoms with E-state index in [-0.39, 0.29) is 5.82 Å². The van der Waals surface area contributed by atoms with Crippen LogP contribution in [0.25, 0.3) is 0 Å². The summed E-state index contributed by atoms with van der Waals surface area (Å²) in [6, 6.07) is 4.15. The van der Waals surface area contributed by atoms with Crippen LogP contribution in [0.4, 0.5) is 4.39 Å². The van der Waals surface area contributed by atoms with Crippen LogP contribution in [0.2, 0.25) is 0 Å². The van der Waals surface area contributed by atoms with Crippen LogP contribution in [-0.4, -0.2) is 43.1 Å². The molecule has 0 atom stereocenters. The summed E-state index contributed by atoms with van der Waals surface area (Å²) in [4.78, 5) is 1.98. The second-order valence-corrected chi connectivity index (χ2v) is 3.98. The zero-order valence-corrected chi connectivity index (χ0v) is 10.3. The van der Waals surface area contributed by atoms with Crippen molar-refractivity contribution in [2.45, 2.75) is 6.92 Å². The first-order valence-electron chi connectivity index (χ1n) is 5.30. The molecule has 94 valence electrons. The number of rotatable bonds is 5. The maximum Gasteiger partial charge on any atom is 0.128 e. The lowest BCUT2D eigenvalue weighted by atomic mass is 10.1. The number of hydrogen-bond acceptors (Lipinski definition) is 4. The van der Waals surface area contributed by atoms with Crippen molar-refractivity contribution >= 4 is 5.71 Å². The minimum Gasteiger partial charge on any atom is -0.492 e. The summed E-state index contributed by atoms with van der Waals surface area (Å²) in [5, 5.41) is 11.8. The van der Waals surface area contributed by atoms with Crippen molar-refractivity contribution in [3.63, 3.8) is 0 Å². The summed E-state index contributed by atoms with van der Waals surface area (Å²) in [6.45, 7) is 2.84. The molecule has 4 nitrogen and oxygen atoms in total. The first-order chi connectivity index (χ1) is 8.04. The minimum atomic E-state index is -0.386. The molecule has 0 saturated carbocycles. The molecule has 0 aliphatic rings. The van der Waals surface area contributed by atoms with Gasteiger partial charge in [-0.15, -0.1) is 0 Å². The Morgan fingerprint density at radius 2 is 2.18 bits per heavy atom. The van der Waals surface area contributed by atoms with Gasteiger partial charge in [-0.2, -0.15) is 0 Å². The van der Waals surface area contributed by atoms with Gasteiger partial charge in [-0.05, 0) is 39.2 Å². The van der Waals surface area contributed by atoms with Crippen LogP contribution < -0.4 is 4.74 Å². The number of likely N-dealkylation sites (N-methyl/N-ethyl adjacent to an activating group) is 1. The monoisotopic (exact) mass is 240 g/mol. The van der Waals surface area contributed by atoms with Gasteiger partial charge in [0.2, 0.25) is 0 Å². The predicted molar refractivity (Wildman–Crippen MR) is 64.4 cm³/mol. The largest absolute Gasteiger partial charge is 0.492 e. The predicted octanol–water partition coefficient (Wildman–Crippen LogP) is 1.96. The lowest BCUT2D eigenvalue weighted by Crippen LogP contribution is -2.20. The first-order valence-corrected chi connectivity index (χ1v) is 5.30. The van der Waals surface area contributed by atoms with Crippen LogP contribution in [0.3, 0.4) is 0 Å². The molecule has 1 rings (SSSR count). The molecule has 0 amide bonds. The highest BCUT2D eigenvalue weighted by atomic mass is 19.1. The van der Waals surface area contributed by atoms with Gasteiger partial charge in [-0.1, -0.05) is 5.16 Å². The van der Waals surface area contributed by atoms with Gasteiger partial charge < -0.3 is 14.8 Å². The van der Waals surface area contributed by atoms with E-state index in [1.165, 1.54) is 18.2 Å². The summed E-state index contributed by atoms with van der Waals surface area (Å²) in [5.41, 5.74) is 0.788. The van der Waals surface area contributed by atoms with Crippen molar-refractivity contribution < 1.29 is 14.3 Å². The Labute approximate surface area is 100 Å². The Morgan fingerprint density at radius 1 is 1.47 bits per heavy atom. The van der Waals surface area contributed by atoms with Crippen LogP contribution >= 0.6 is 0 Å². The van der Waals surface area contributed by atoms with Crippen molar-refractivity contribution in [1.82, 2.24) is 4.90 Å². The van der Waals surface area contributed by atoms with Crippen molar-refractivity contribution in [2.75, 3.05) is 27.2 Å². The minimum absolute atomic E-state index is 0.323. The fourth-order valence-electron chi connectivity index (χ4n) is 1.30. The van der Waals surface area contributed by atoms with Gasteiger partial charge in [0.15, 0.2) is 0 Å². The van der Waals surface area contributed by atoms with E-state index in [2.05, 4.69) is 5.16 Å². The number of oxime groups is 1. The van der Waals surface area contributed by atoms with Crippen LogP contribution in [0.15, 0.2) is 23.4 Å². The van der Waals surface area contributed by atoms with Crippen LogP contribution in [0.1, 0.15) is 12.5 Å². The zero-order chi connectivity index (χ0) is 12.8. The topological polar surface area (TPSA) is 45.1 Å². The molecule has 0 aromatic heterocycles. The van der Waals surface area contributed by atoms with Crippen LogP contribution in [0, 0.1) is 5.82 Å². The molecular weight excluding hydrogens is 223 g/mol. The fourth-order valence-corrected chi connectivity index (χ4v) is 1.30. The smallest absolute Gasteiger partial charge is 0.128 e. The molecule has 0 spiro atoms. The van der Waals surface area contributed by atoms with E-state index in [0.717, 1.165) is 6.54 Å². The zero-order valence-electron chi connectivity index (χ0n) is 10.3. The average molecular weight is 240 g/mol. The Morgan fingerprint density at radius 3 is 2.76 bits per heavy atom. The number of hydrogen-bond donors (Lipinski definition) is 1. The van der Waals surface area contributed by atoms with Crippen molar-refractivity contribution in [1.29, 1.82) is 0 Å². The lowest BCUT2D eigenvalue weighted by molar-refractivity contribution is 0.260. The number of nitrogens with zero attached hydrogens (tertiary/aromatic N) is 2. The molecule has 0 bridgehead atoms. The molecule has 0 aliphatic heterocycles. The highest BCUT2D eigenvalue weighted by Crippen LogP contribution is 2.20. The third kappa shape index (κ3) is 4.03. The molecule has 0 heterocycles. The molecule has 1 N–H and O–H groups in total. The maximum absolute atomic E-state index is 13.1. The van der Waals surface area contributed by atoms with Crippen LogP contribution in [0.5, 0.6) is 5.75 Å². The second kappa shape index (κ2) is 6.20. The highest BCUT2D eigenvalue weighted by molar-refractivity contribution is 6.00. The molecule has 0 saturated heterocycles. The van der Waals surface area contributed by atoms with Crippen molar-refractivity contribution in [3.05, 3.63) is 29.6 Å². The molecule has 0 fully saturated rings. The molecule has 1 aromatic carbocycles. The van der Waals surface area contributed by atoms with Crippen LogP contribution in [-0.2, 0) is 0 Å². The molecule has 17 heavy (non-hydrogen) atoms. The number of halogens is 1. The summed E-state index contributed by atoms with van der Waals surface area (Å²) >= 11 is 0. The molecular formula is C12H17FN2O2. The average Bonchev–Trinajstić information content (AvgIpc) is 2.29. The Bertz CT molecular complexity index is 405. The van der Waals surface area contributed by atoms with Gasteiger partial charge in [0, 0.05) is 12.1 Å². The highest BCUT2D eigenvalue weighted by Gasteiger charge is 2.09. The van der Waals surface area contributed by atoms with Gasteiger partial charge in [0.25, 0.3) is 0 Å². The summed E-state index contributed by atoms with van der Waals surface area (Å²) in [6.07, 6.45) is 0. The second-order valence-electron chi connectivity index (χ2n) is 3.98. The normalized spacial score (nSPS) is 11.9. The van der Waals surface area contributed by atoms with E-state index < -0.39 is 0 Å². The van der Waals surface area contributed by atoms with Gasteiger partial charge in [-0.25, -0.2) is 4.39 Å². The quantitative estimate of drug-likeness (QED) is 0.486. The van der Waals surface area contributed by atoms with E-state index in [4.69, 9.17) is 9.94 Å². The first kappa shape index (κ1) is 13.4. The molecule has 0 radical (unpaired) electrons. The van der Waals surface area contributed by atoms with E-state index in [1.54, 1.807) is 6.92 Å². The number of benzene rings is 1. The SMILES string of the molecule is CC(=NO)c1cc(F)ccc1OCCN(C)C. The van der Waals surface area contributed by atoms with Gasteiger partial charge in [0.1, 0.15) is 18.2 Å². The van der Waals surface area contributed by atoms with Gasteiger partial charge in [0.05, 0.1) is 5.71 Å². The maximum atomic E-state index is 13.1. The Balaban J connectivity index is 2.83. The summed E-state index contributed by atoms with van der Waals surface area (Å²) in [7, 11) is 3.88. The molecule has 1 aromatic rings. The third-order valence-electron chi connectivity index (χ3n) is 2.28. The fraction of sp³-hybridized carbons (Fsp3) is 0.417. The molecule has 5 heteroatoms. The van der Waals surface area contributed by atoms with Crippen molar-refractivity contribution in [2.24, 2.45) is 5.16 Å². The summed E-state index contributed by atoms with van der Waals surface area (Å²) in [5.74, 6) is 0.131. The Hall–Kier alpha value is -1.62. The summed E-state index contributed by atoms with van der Waals surface area (Å²) < 4.78 is 18.6. The van der Waals surface area contributed by atoms with Gasteiger partial charge in [-0.3, -0.25) is 0 Å². The Kier molecular flexibility index (Phi) is 4.90. The van der Waals surface area contributed by atoms with E-state index >= 15 is 0 Å². The van der Waals surface area contributed by atoms with E-state index in [9.17, 15) is 4.39 Å². The third-order valence-corrected chi connectivity index (χ3v) is 2.28. The molecule has 0 aliphatic carbocycles. The molecule has 0 unspecified atom stereocenters. The van der Waals surface area contributed by atoms with E-state index in [1.807, 2.05) is 19.0 Å².